The van der Waals surface area contributed by atoms with Crippen molar-refractivity contribution in [3.63, 3.8) is 0 Å². The van der Waals surface area contributed by atoms with Crippen molar-refractivity contribution in [3.8, 4) is 0 Å². The molecule has 1 unspecified atom stereocenters. The molecular weight excluding hydrogens is 314 g/mol. The van der Waals surface area contributed by atoms with Crippen LogP contribution in [0.3, 0.4) is 0 Å². The van der Waals surface area contributed by atoms with E-state index in [1.54, 1.807) is 0 Å². The van der Waals surface area contributed by atoms with E-state index in [0.29, 0.717) is 5.92 Å². The molecule has 1 fully saturated rings. The molecule has 140 valence electrons. The molecule has 3 heterocycles. The molecule has 1 atom stereocenters. The molecular formula is C19H33N5O. The second kappa shape index (κ2) is 8.43. The summed E-state index contributed by atoms with van der Waals surface area (Å²) in [6.45, 7) is 7.25. The van der Waals surface area contributed by atoms with Gasteiger partial charge in [0.1, 0.15) is 5.69 Å². The monoisotopic (exact) mass is 347 g/mol. The van der Waals surface area contributed by atoms with Crippen LogP contribution in [0.15, 0.2) is 0 Å². The maximum atomic E-state index is 11.8. The maximum Gasteiger partial charge on any atom is 0.168 e. The quantitative estimate of drug-likeness (QED) is 0.697. The highest BCUT2D eigenvalue weighted by Gasteiger charge is 2.25. The summed E-state index contributed by atoms with van der Waals surface area (Å²) < 4.78 is 1.99. The molecule has 3 rings (SSSR count). The van der Waals surface area contributed by atoms with E-state index in [0.717, 1.165) is 62.4 Å². The lowest BCUT2D eigenvalue weighted by atomic mass is 10.0. The van der Waals surface area contributed by atoms with Gasteiger partial charge in [0.2, 0.25) is 0 Å². The summed E-state index contributed by atoms with van der Waals surface area (Å²) in [6, 6.07) is 0. The van der Waals surface area contributed by atoms with Gasteiger partial charge in [0, 0.05) is 50.6 Å². The summed E-state index contributed by atoms with van der Waals surface area (Å²) in [7, 11) is 6.37. The third-order valence-corrected chi connectivity index (χ3v) is 5.47. The highest BCUT2D eigenvalue weighted by molar-refractivity contribution is 5.75. The first-order chi connectivity index (χ1) is 12.1. The van der Waals surface area contributed by atoms with Gasteiger partial charge in [-0.2, -0.15) is 5.10 Å². The van der Waals surface area contributed by atoms with Crippen molar-refractivity contribution < 1.29 is 4.79 Å². The second-order valence-corrected chi connectivity index (χ2v) is 8.09. The van der Waals surface area contributed by atoms with Crippen molar-refractivity contribution in [1.29, 1.82) is 0 Å². The zero-order chi connectivity index (χ0) is 17.8. The van der Waals surface area contributed by atoms with Gasteiger partial charge in [0.25, 0.3) is 0 Å². The van der Waals surface area contributed by atoms with Gasteiger partial charge in [-0.3, -0.25) is 9.48 Å². The van der Waals surface area contributed by atoms with Crippen LogP contribution in [0.2, 0.25) is 0 Å². The fraction of sp³-hybridized carbons (Fsp3) is 0.789. The Kier molecular flexibility index (Phi) is 6.25. The van der Waals surface area contributed by atoms with Crippen LogP contribution in [-0.2, 0) is 19.5 Å². The van der Waals surface area contributed by atoms with Crippen molar-refractivity contribution in [3.05, 3.63) is 17.0 Å². The molecule has 1 aromatic heterocycles. The van der Waals surface area contributed by atoms with Gasteiger partial charge in [0.05, 0.1) is 5.69 Å². The maximum absolute atomic E-state index is 11.8. The Labute approximate surface area is 151 Å². The zero-order valence-electron chi connectivity index (χ0n) is 16.1. The van der Waals surface area contributed by atoms with Gasteiger partial charge >= 0.3 is 0 Å². The van der Waals surface area contributed by atoms with E-state index in [9.17, 15) is 4.79 Å². The summed E-state index contributed by atoms with van der Waals surface area (Å²) in [4.78, 5) is 18.9. The number of likely N-dealkylation sites (tertiary alicyclic amines) is 1. The Morgan fingerprint density at radius 2 is 1.92 bits per heavy atom. The summed E-state index contributed by atoms with van der Waals surface area (Å²) >= 11 is 0. The van der Waals surface area contributed by atoms with Gasteiger partial charge in [-0.1, -0.05) is 6.42 Å². The van der Waals surface area contributed by atoms with Gasteiger partial charge in [-0.15, -0.1) is 0 Å². The average Bonchev–Trinajstić information content (AvgIpc) is 2.91. The Bertz CT molecular complexity index is 577. The molecule has 0 radical (unpaired) electrons. The van der Waals surface area contributed by atoms with Crippen LogP contribution in [0, 0.1) is 5.92 Å². The van der Waals surface area contributed by atoms with E-state index in [4.69, 9.17) is 5.10 Å². The van der Waals surface area contributed by atoms with Gasteiger partial charge in [-0.05, 0) is 47.1 Å². The first-order valence-corrected chi connectivity index (χ1v) is 9.66. The molecule has 2 aliphatic heterocycles. The lowest BCUT2D eigenvalue weighted by Gasteiger charge is -2.31. The Hall–Kier alpha value is -1.24. The number of aldehydes is 1. The number of rotatable bonds is 7. The largest absolute Gasteiger partial charge is 0.309 e. The van der Waals surface area contributed by atoms with Crippen molar-refractivity contribution in [2.45, 2.75) is 38.8 Å². The molecule has 0 N–H and O–H groups in total. The molecule has 0 saturated carbocycles. The molecule has 0 aromatic carbocycles. The SMILES string of the molecule is CN(C)CC(CN1CCCCC1)Cn1nc2c(c1C=O)CN(C)CC2. The number of aromatic nitrogens is 2. The first kappa shape index (κ1) is 18.5. The average molecular weight is 348 g/mol. The predicted octanol–water partition coefficient (Wildman–Crippen LogP) is 1.35. The molecule has 1 aromatic rings. The number of likely N-dealkylation sites (N-methyl/N-ethyl adjacent to an activating group) is 1. The van der Waals surface area contributed by atoms with Crippen molar-refractivity contribution in [2.24, 2.45) is 5.92 Å². The smallest absolute Gasteiger partial charge is 0.168 e. The van der Waals surface area contributed by atoms with Crippen LogP contribution in [0.4, 0.5) is 0 Å². The second-order valence-electron chi connectivity index (χ2n) is 8.09. The summed E-state index contributed by atoms with van der Waals surface area (Å²) in [5, 5.41) is 4.82. The minimum absolute atomic E-state index is 0.492. The third-order valence-electron chi connectivity index (χ3n) is 5.47. The molecule has 6 nitrogen and oxygen atoms in total. The summed E-state index contributed by atoms with van der Waals surface area (Å²) in [5.41, 5.74) is 3.07. The topological polar surface area (TPSA) is 44.6 Å². The molecule has 0 bridgehead atoms. The lowest BCUT2D eigenvalue weighted by molar-refractivity contribution is 0.110. The van der Waals surface area contributed by atoms with E-state index < -0.39 is 0 Å². The van der Waals surface area contributed by atoms with E-state index in [-0.39, 0.29) is 0 Å². The Balaban J connectivity index is 1.75. The molecule has 2 aliphatic rings. The normalized spacial score (nSPS) is 20.6. The number of carbonyl (C=O) groups is 1. The molecule has 0 aliphatic carbocycles. The van der Waals surface area contributed by atoms with Crippen LogP contribution in [0.25, 0.3) is 0 Å². The van der Waals surface area contributed by atoms with E-state index in [1.807, 2.05) is 4.68 Å². The lowest BCUT2D eigenvalue weighted by Crippen LogP contribution is -2.39. The summed E-state index contributed by atoms with van der Waals surface area (Å²) in [6.07, 6.45) is 5.96. The highest BCUT2D eigenvalue weighted by Crippen LogP contribution is 2.22. The van der Waals surface area contributed by atoms with Crippen LogP contribution in [0.5, 0.6) is 0 Å². The highest BCUT2D eigenvalue weighted by atomic mass is 16.1. The standard InChI is InChI=1S/C19H33N5O/c1-21(2)11-16(12-23-8-5-4-6-9-23)13-24-19(15-25)17-14-22(3)10-7-18(17)20-24/h15-16H,4-14H2,1-3H3. The third kappa shape index (κ3) is 4.68. The molecule has 1 saturated heterocycles. The number of fused-ring (bicyclic) bond motifs is 1. The fourth-order valence-corrected chi connectivity index (χ4v) is 4.29. The van der Waals surface area contributed by atoms with Gasteiger partial charge in [0.15, 0.2) is 6.29 Å². The molecule has 25 heavy (non-hydrogen) atoms. The van der Waals surface area contributed by atoms with Crippen molar-refractivity contribution >= 4 is 6.29 Å². The van der Waals surface area contributed by atoms with Crippen molar-refractivity contribution in [2.75, 3.05) is 53.9 Å². The van der Waals surface area contributed by atoms with Crippen LogP contribution < -0.4 is 0 Å². The number of hydrogen-bond donors (Lipinski definition) is 0. The zero-order valence-corrected chi connectivity index (χ0v) is 16.1. The molecule has 0 spiro atoms. The Morgan fingerprint density at radius 1 is 1.16 bits per heavy atom. The number of carbonyl (C=O) groups excluding carboxylic acids is 1. The summed E-state index contributed by atoms with van der Waals surface area (Å²) in [5.74, 6) is 0.492. The van der Waals surface area contributed by atoms with Crippen LogP contribution in [0.1, 0.15) is 41.0 Å². The van der Waals surface area contributed by atoms with Crippen molar-refractivity contribution in [1.82, 2.24) is 24.5 Å². The Morgan fingerprint density at radius 3 is 2.60 bits per heavy atom. The van der Waals surface area contributed by atoms with Gasteiger partial charge < -0.3 is 14.7 Å². The number of nitrogens with zero attached hydrogens (tertiary/aromatic N) is 5. The van der Waals surface area contributed by atoms with E-state index in [1.165, 1.54) is 32.4 Å². The van der Waals surface area contributed by atoms with Gasteiger partial charge in [-0.25, -0.2) is 0 Å². The van der Waals surface area contributed by atoms with Crippen LogP contribution >= 0.6 is 0 Å². The van der Waals surface area contributed by atoms with E-state index >= 15 is 0 Å². The van der Waals surface area contributed by atoms with Crippen LogP contribution in [-0.4, -0.2) is 84.6 Å². The van der Waals surface area contributed by atoms with E-state index in [2.05, 4.69) is 35.8 Å². The predicted molar refractivity (Wildman–Crippen MR) is 100.0 cm³/mol. The fourth-order valence-electron chi connectivity index (χ4n) is 4.29. The molecule has 0 amide bonds. The number of piperidine rings is 1. The minimum atomic E-state index is 0.492. The minimum Gasteiger partial charge on any atom is -0.309 e. The molecule has 6 heteroatoms. The first-order valence-electron chi connectivity index (χ1n) is 9.66. The number of hydrogen-bond acceptors (Lipinski definition) is 5.